The number of alkyl halides is 3. The number of nitrogens with zero attached hydrogens (tertiary/aromatic N) is 2. The lowest BCUT2D eigenvalue weighted by atomic mass is 10.1. The molecule has 110 valence electrons. The van der Waals surface area contributed by atoms with Crippen LogP contribution in [0.3, 0.4) is 0 Å². The van der Waals surface area contributed by atoms with Crippen molar-refractivity contribution in [1.82, 2.24) is 15.1 Å². The third-order valence-corrected chi connectivity index (χ3v) is 4.04. The van der Waals surface area contributed by atoms with Crippen LogP contribution in [-0.4, -0.2) is 29.0 Å². The number of aromatic nitrogens is 2. The van der Waals surface area contributed by atoms with Gasteiger partial charge in [-0.3, -0.25) is 4.68 Å². The summed E-state index contributed by atoms with van der Waals surface area (Å²) in [5.41, 5.74) is 1.86. The minimum Gasteiger partial charge on any atom is -0.317 e. The van der Waals surface area contributed by atoms with Gasteiger partial charge in [-0.25, -0.2) is 0 Å². The van der Waals surface area contributed by atoms with Crippen LogP contribution in [0.25, 0.3) is 0 Å². The van der Waals surface area contributed by atoms with Crippen LogP contribution in [0.1, 0.15) is 31.2 Å². The SMILES string of the molecule is CCc1nn(C)c(CC(CCC(F)(F)F)NC)c1Br. The molecule has 1 heterocycles. The van der Waals surface area contributed by atoms with E-state index in [-0.39, 0.29) is 12.5 Å². The van der Waals surface area contributed by atoms with Crippen molar-refractivity contribution in [2.75, 3.05) is 7.05 Å². The summed E-state index contributed by atoms with van der Waals surface area (Å²) in [6, 6.07) is -0.210. The monoisotopic (exact) mass is 341 g/mol. The van der Waals surface area contributed by atoms with Gasteiger partial charge in [-0.15, -0.1) is 0 Å². The Kier molecular flexibility index (Phi) is 5.85. The van der Waals surface area contributed by atoms with E-state index in [1.807, 2.05) is 14.0 Å². The van der Waals surface area contributed by atoms with Crippen LogP contribution in [0, 0.1) is 0 Å². The molecule has 1 aromatic heterocycles. The average Bonchev–Trinajstić information content (AvgIpc) is 2.59. The maximum atomic E-state index is 12.3. The standard InChI is InChI=1S/C12H19BrF3N3/c1-4-9-11(13)10(19(3)18-9)7-8(17-2)5-6-12(14,15)16/h8,17H,4-7H2,1-3H3. The fourth-order valence-corrected chi connectivity index (χ4v) is 2.74. The van der Waals surface area contributed by atoms with E-state index in [1.165, 1.54) is 0 Å². The lowest BCUT2D eigenvalue weighted by Crippen LogP contribution is -2.30. The van der Waals surface area contributed by atoms with Crippen LogP contribution in [0.5, 0.6) is 0 Å². The van der Waals surface area contributed by atoms with Crippen molar-refractivity contribution in [1.29, 1.82) is 0 Å². The largest absolute Gasteiger partial charge is 0.389 e. The van der Waals surface area contributed by atoms with Crippen molar-refractivity contribution < 1.29 is 13.2 Å². The van der Waals surface area contributed by atoms with Crippen LogP contribution in [0.15, 0.2) is 4.47 Å². The van der Waals surface area contributed by atoms with Crippen LogP contribution in [0.4, 0.5) is 13.2 Å². The molecule has 0 aromatic carbocycles. The van der Waals surface area contributed by atoms with E-state index in [2.05, 4.69) is 26.3 Å². The van der Waals surface area contributed by atoms with Gasteiger partial charge in [0.2, 0.25) is 0 Å². The molecule has 7 heteroatoms. The van der Waals surface area contributed by atoms with Crippen LogP contribution < -0.4 is 5.32 Å². The molecule has 0 radical (unpaired) electrons. The van der Waals surface area contributed by atoms with Gasteiger partial charge in [0.15, 0.2) is 0 Å². The average molecular weight is 342 g/mol. The summed E-state index contributed by atoms with van der Waals surface area (Å²) >= 11 is 3.48. The summed E-state index contributed by atoms with van der Waals surface area (Å²) in [6.45, 7) is 2.00. The molecule has 1 unspecified atom stereocenters. The smallest absolute Gasteiger partial charge is 0.317 e. The quantitative estimate of drug-likeness (QED) is 0.860. The molecule has 0 saturated carbocycles. The summed E-state index contributed by atoms with van der Waals surface area (Å²) in [5.74, 6) is 0. The van der Waals surface area contributed by atoms with Crippen LogP contribution in [-0.2, 0) is 19.9 Å². The third-order valence-electron chi connectivity index (χ3n) is 3.13. The number of nitrogens with one attached hydrogen (secondary N) is 1. The lowest BCUT2D eigenvalue weighted by molar-refractivity contribution is -0.136. The van der Waals surface area contributed by atoms with Crippen molar-refractivity contribution >= 4 is 15.9 Å². The minimum absolute atomic E-state index is 0.0685. The Balaban J connectivity index is 2.73. The molecule has 19 heavy (non-hydrogen) atoms. The van der Waals surface area contributed by atoms with Gasteiger partial charge in [-0.05, 0) is 35.8 Å². The molecular weight excluding hydrogens is 323 g/mol. The first-order valence-corrected chi connectivity index (χ1v) is 7.02. The van der Waals surface area contributed by atoms with E-state index in [4.69, 9.17) is 0 Å². The summed E-state index contributed by atoms with van der Waals surface area (Å²) in [4.78, 5) is 0. The predicted molar refractivity (Wildman–Crippen MR) is 72.1 cm³/mol. The highest BCUT2D eigenvalue weighted by Gasteiger charge is 2.28. The molecule has 0 aliphatic carbocycles. The molecule has 3 nitrogen and oxygen atoms in total. The summed E-state index contributed by atoms with van der Waals surface area (Å²) < 4.78 is 39.4. The van der Waals surface area contributed by atoms with Crippen molar-refractivity contribution in [3.63, 3.8) is 0 Å². The van der Waals surface area contributed by atoms with Crippen LogP contribution in [0.2, 0.25) is 0 Å². The Hall–Kier alpha value is -0.560. The van der Waals surface area contributed by atoms with Gasteiger partial charge in [0.25, 0.3) is 0 Å². The molecule has 0 aliphatic rings. The highest BCUT2D eigenvalue weighted by atomic mass is 79.9. The number of hydrogen-bond acceptors (Lipinski definition) is 2. The number of aryl methyl sites for hydroxylation is 2. The van der Waals surface area contributed by atoms with Gasteiger partial charge in [0.1, 0.15) is 0 Å². The lowest BCUT2D eigenvalue weighted by Gasteiger charge is -2.17. The van der Waals surface area contributed by atoms with Crippen molar-refractivity contribution in [3.05, 3.63) is 15.9 Å². The second-order valence-electron chi connectivity index (χ2n) is 4.53. The minimum atomic E-state index is -4.10. The Morgan fingerprint density at radius 2 is 2.05 bits per heavy atom. The molecule has 1 N–H and O–H groups in total. The van der Waals surface area contributed by atoms with Crippen molar-refractivity contribution in [2.24, 2.45) is 7.05 Å². The van der Waals surface area contributed by atoms with E-state index in [9.17, 15) is 13.2 Å². The van der Waals surface area contributed by atoms with Gasteiger partial charge < -0.3 is 5.32 Å². The first-order chi connectivity index (χ1) is 8.78. The Morgan fingerprint density at radius 1 is 1.42 bits per heavy atom. The van der Waals surface area contributed by atoms with Crippen molar-refractivity contribution in [2.45, 2.75) is 44.8 Å². The predicted octanol–water partition coefficient (Wildman–Crippen LogP) is 3.22. The summed E-state index contributed by atoms with van der Waals surface area (Å²) in [7, 11) is 3.50. The van der Waals surface area contributed by atoms with Gasteiger partial charge in [-0.1, -0.05) is 6.92 Å². The fourth-order valence-electron chi connectivity index (χ4n) is 1.96. The van der Waals surface area contributed by atoms with Gasteiger partial charge in [-0.2, -0.15) is 18.3 Å². The number of halogens is 4. The van der Waals surface area contributed by atoms with E-state index >= 15 is 0 Å². The first kappa shape index (κ1) is 16.5. The first-order valence-electron chi connectivity index (χ1n) is 6.22. The van der Waals surface area contributed by atoms with Crippen LogP contribution >= 0.6 is 15.9 Å². The van der Waals surface area contributed by atoms with Gasteiger partial charge in [0.05, 0.1) is 15.9 Å². The molecule has 1 aromatic rings. The zero-order chi connectivity index (χ0) is 14.6. The second-order valence-corrected chi connectivity index (χ2v) is 5.32. The summed E-state index contributed by atoms with van der Waals surface area (Å²) in [5, 5.41) is 7.29. The van der Waals surface area contributed by atoms with Gasteiger partial charge >= 0.3 is 6.18 Å². The van der Waals surface area contributed by atoms with E-state index in [1.54, 1.807) is 11.7 Å². The zero-order valence-electron chi connectivity index (χ0n) is 11.3. The number of hydrogen-bond donors (Lipinski definition) is 1. The molecule has 0 bridgehead atoms. The molecule has 0 aliphatic heterocycles. The van der Waals surface area contributed by atoms with E-state index < -0.39 is 12.6 Å². The molecule has 1 atom stereocenters. The Labute approximate surface area is 119 Å². The molecule has 0 saturated heterocycles. The number of rotatable bonds is 6. The zero-order valence-corrected chi connectivity index (χ0v) is 12.9. The van der Waals surface area contributed by atoms with E-state index in [0.29, 0.717) is 6.42 Å². The Bertz CT molecular complexity index is 415. The topological polar surface area (TPSA) is 29.9 Å². The second kappa shape index (κ2) is 6.74. The van der Waals surface area contributed by atoms with E-state index in [0.717, 1.165) is 22.3 Å². The highest BCUT2D eigenvalue weighted by molar-refractivity contribution is 9.10. The highest BCUT2D eigenvalue weighted by Crippen LogP contribution is 2.26. The molecule has 0 amide bonds. The van der Waals surface area contributed by atoms with Gasteiger partial charge in [0, 0.05) is 25.9 Å². The molecular formula is C12H19BrF3N3. The number of likely N-dealkylation sites (N-methyl/N-ethyl adjacent to an activating group) is 1. The Morgan fingerprint density at radius 3 is 2.47 bits per heavy atom. The fraction of sp³-hybridized carbons (Fsp3) is 0.750. The van der Waals surface area contributed by atoms with Crippen molar-refractivity contribution in [3.8, 4) is 0 Å². The normalized spacial score (nSPS) is 13.8. The third kappa shape index (κ3) is 4.80. The molecule has 1 rings (SSSR count). The maximum absolute atomic E-state index is 12.3. The maximum Gasteiger partial charge on any atom is 0.389 e. The summed E-state index contributed by atoms with van der Waals surface area (Å²) in [6.07, 6.45) is -3.49. The molecule has 0 fully saturated rings. The molecule has 0 spiro atoms.